The molecule has 0 aliphatic rings. The van der Waals surface area contributed by atoms with E-state index in [0.29, 0.717) is 18.8 Å². The molecule has 0 radical (unpaired) electrons. The molecule has 0 atom stereocenters. The zero-order valence-corrected chi connectivity index (χ0v) is 15.5. The van der Waals surface area contributed by atoms with Crippen LogP contribution in [0.2, 0.25) is 0 Å². The van der Waals surface area contributed by atoms with Gasteiger partial charge in [-0.2, -0.15) is 0 Å². The Labute approximate surface area is 160 Å². The molecule has 2 aromatic carbocycles. The normalized spacial score (nSPS) is 10.2. The molecule has 0 saturated heterocycles. The molecule has 0 fully saturated rings. The Bertz CT molecular complexity index is 824. The number of esters is 1. The lowest BCUT2D eigenvalue weighted by atomic mass is 10.1. The fourth-order valence-electron chi connectivity index (χ4n) is 2.31. The average molecular weight is 393 g/mol. The van der Waals surface area contributed by atoms with Crippen molar-refractivity contribution in [1.82, 2.24) is 0 Å². The van der Waals surface area contributed by atoms with Crippen LogP contribution in [0, 0.1) is 15.9 Å². The maximum Gasteiger partial charge on any atom is 0.345 e. The van der Waals surface area contributed by atoms with Crippen molar-refractivity contribution in [3.05, 3.63) is 57.9 Å². The van der Waals surface area contributed by atoms with Crippen LogP contribution in [-0.4, -0.2) is 37.8 Å². The maximum absolute atomic E-state index is 12.8. The number of hydrogen-bond donors (Lipinski definition) is 0. The first-order valence-corrected chi connectivity index (χ1v) is 8.51. The predicted octanol–water partition coefficient (Wildman–Crippen LogP) is 3.77. The predicted molar refractivity (Wildman–Crippen MR) is 97.6 cm³/mol. The quantitative estimate of drug-likeness (QED) is 0.262. The Balaban J connectivity index is 1.97. The van der Waals surface area contributed by atoms with Crippen LogP contribution in [-0.2, 0) is 4.74 Å². The van der Waals surface area contributed by atoms with Gasteiger partial charge in [-0.3, -0.25) is 10.1 Å². The molecule has 0 bridgehead atoms. The van der Waals surface area contributed by atoms with Crippen LogP contribution < -0.4 is 14.2 Å². The van der Waals surface area contributed by atoms with Crippen molar-refractivity contribution in [3.63, 3.8) is 0 Å². The summed E-state index contributed by atoms with van der Waals surface area (Å²) in [7, 11) is 1.35. The second-order valence-electron chi connectivity index (χ2n) is 5.50. The maximum atomic E-state index is 12.8. The molecule has 0 saturated carbocycles. The molecule has 0 N–H and O–H groups in total. The molecule has 0 unspecified atom stereocenters. The third-order valence-electron chi connectivity index (χ3n) is 3.60. The molecule has 0 aliphatic carbocycles. The summed E-state index contributed by atoms with van der Waals surface area (Å²) in [6, 6.07) is 7.87. The van der Waals surface area contributed by atoms with E-state index in [2.05, 4.69) is 0 Å². The number of methoxy groups -OCH3 is 1. The first kappa shape index (κ1) is 20.9. The van der Waals surface area contributed by atoms with Gasteiger partial charge in [0.25, 0.3) is 5.69 Å². The van der Waals surface area contributed by atoms with E-state index in [1.165, 1.54) is 37.4 Å². The van der Waals surface area contributed by atoms with E-state index >= 15 is 0 Å². The number of ether oxygens (including phenoxy) is 4. The summed E-state index contributed by atoms with van der Waals surface area (Å²) in [4.78, 5) is 22.9. The van der Waals surface area contributed by atoms with Gasteiger partial charge >= 0.3 is 5.97 Å². The molecule has 9 heteroatoms. The number of carbonyl (C=O) groups excluding carboxylic acids is 1. The SMILES string of the molecule is CCOc1cc(C(=O)OCCCOc2ccc(F)cc2)c([N+](=O)[O-])cc1OC. The van der Waals surface area contributed by atoms with E-state index in [1.54, 1.807) is 6.92 Å². The van der Waals surface area contributed by atoms with Gasteiger partial charge in [0.15, 0.2) is 11.5 Å². The summed E-state index contributed by atoms with van der Waals surface area (Å²) in [6.45, 7) is 2.25. The van der Waals surface area contributed by atoms with Crippen LogP contribution in [0.4, 0.5) is 10.1 Å². The molecule has 0 aromatic heterocycles. The van der Waals surface area contributed by atoms with Gasteiger partial charge in [0.1, 0.15) is 17.1 Å². The summed E-state index contributed by atoms with van der Waals surface area (Å²) in [5.74, 6) is -0.370. The molecule has 8 nitrogen and oxygen atoms in total. The number of halogens is 1. The smallest absolute Gasteiger partial charge is 0.345 e. The molecule has 2 aromatic rings. The van der Waals surface area contributed by atoms with E-state index < -0.39 is 16.6 Å². The minimum atomic E-state index is -0.850. The fraction of sp³-hybridized carbons (Fsp3) is 0.316. The number of nitro benzene ring substituents is 1. The van der Waals surface area contributed by atoms with Gasteiger partial charge in [-0.15, -0.1) is 0 Å². The molecule has 28 heavy (non-hydrogen) atoms. The lowest BCUT2D eigenvalue weighted by Gasteiger charge is -2.12. The summed E-state index contributed by atoms with van der Waals surface area (Å²) in [6.07, 6.45) is 0.353. The molecule has 0 heterocycles. The van der Waals surface area contributed by atoms with Crippen molar-refractivity contribution in [2.75, 3.05) is 26.9 Å². The zero-order chi connectivity index (χ0) is 20.5. The van der Waals surface area contributed by atoms with Gasteiger partial charge in [-0.25, -0.2) is 9.18 Å². The van der Waals surface area contributed by atoms with Crippen molar-refractivity contribution < 1.29 is 33.1 Å². The highest BCUT2D eigenvalue weighted by molar-refractivity contribution is 5.95. The first-order chi connectivity index (χ1) is 13.5. The van der Waals surface area contributed by atoms with E-state index in [0.717, 1.165) is 6.07 Å². The topological polar surface area (TPSA) is 97.1 Å². The Hall–Kier alpha value is -3.36. The molecule has 0 spiro atoms. The number of carbonyl (C=O) groups is 1. The Morgan fingerprint density at radius 1 is 1.11 bits per heavy atom. The molecule has 2 rings (SSSR count). The van der Waals surface area contributed by atoms with Crippen LogP contribution in [0.1, 0.15) is 23.7 Å². The highest BCUT2D eigenvalue weighted by Gasteiger charge is 2.25. The third kappa shape index (κ3) is 5.57. The van der Waals surface area contributed by atoms with Crippen molar-refractivity contribution in [2.45, 2.75) is 13.3 Å². The number of rotatable bonds is 10. The molecular formula is C19H20FNO7. The third-order valence-corrected chi connectivity index (χ3v) is 3.60. The lowest BCUT2D eigenvalue weighted by molar-refractivity contribution is -0.385. The van der Waals surface area contributed by atoms with Crippen LogP contribution in [0.5, 0.6) is 17.2 Å². The minimum absolute atomic E-state index is 0.00677. The number of benzene rings is 2. The average Bonchev–Trinajstić information content (AvgIpc) is 2.68. The lowest BCUT2D eigenvalue weighted by Crippen LogP contribution is -2.12. The zero-order valence-electron chi connectivity index (χ0n) is 15.5. The van der Waals surface area contributed by atoms with E-state index in [9.17, 15) is 19.3 Å². The van der Waals surface area contributed by atoms with Gasteiger partial charge in [0.05, 0.1) is 37.9 Å². The molecule has 0 aliphatic heterocycles. The summed E-state index contributed by atoms with van der Waals surface area (Å²) < 4.78 is 33.7. The number of nitro groups is 1. The van der Waals surface area contributed by atoms with Gasteiger partial charge in [0, 0.05) is 12.5 Å². The Morgan fingerprint density at radius 2 is 1.82 bits per heavy atom. The second kappa shape index (κ2) is 10.1. The van der Waals surface area contributed by atoms with Gasteiger partial charge in [-0.1, -0.05) is 0 Å². The Morgan fingerprint density at radius 3 is 2.43 bits per heavy atom. The number of hydrogen-bond acceptors (Lipinski definition) is 7. The fourth-order valence-corrected chi connectivity index (χ4v) is 2.31. The van der Waals surface area contributed by atoms with Crippen molar-refractivity contribution in [2.24, 2.45) is 0 Å². The van der Waals surface area contributed by atoms with Crippen LogP contribution in [0.25, 0.3) is 0 Å². The second-order valence-corrected chi connectivity index (χ2v) is 5.50. The van der Waals surface area contributed by atoms with Crippen molar-refractivity contribution >= 4 is 11.7 Å². The van der Waals surface area contributed by atoms with Crippen LogP contribution >= 0.6 is 0 Å². The van der Waals surface area contributed by atoms with Gasteiger partial charge in [0.2, 0.25) is 0 Å². The molecular weight excluding hydrogens is 373 g/mol. The highest BCUT2D eigenvalue weighted by atomic mass is 19.1. The summed E-state index contributed by atoms with van der Waals surface area (Å²) >= 11 is 0. The standard InChI is InChI=1S/C19H20FNO7/c1-3-26-18-11-15(16(21(23)24)12-17(18)25-2)19(22)28-10-4-9-27-14-7-5-13(20)6-8-14/h5-8,11-12H,3-4,9-10H2,1-2H3. The largest absolute Gasteiger partial charge is 0.493 e. The van der Waals surface area contributed by atoms with E-state index in [1.807, 2.05) is 0 Å². The van der Waals surface area contributed by atoms with E-state index in [-0.39, 0.29) is 36.1 Å². The monoisotopic (exact) mass is 393 g/mol. The molecule has 0 amide bonds. The van der Waals surface area contributed by atoms with Crippen LogP contribution in [0.3, 0.4) is 0 Å². The van der Waals surface area contributed by atoms with E-state index in [4.69, 9.17) is 18.9 Å². The first-order valence-electron chi connectivity index (χ1n) is 8.51. The summed E-state index contributed by atoms with van der Waals surface area (Å²) in [5, 5.41) is 11.3. The van der Waals surface area contributed by atoms with Crippen molar-refractivity contribution in [1.29, 1.82) is 0 Å². The van der Waals surface area contributed by atoms with Gasteiger partial charge in [-0.05, 0) is 31.2 Å². The Kier molecular flexibility index (Phi) is 7.55. The van der Waals surface area contributed by atoms with Crippen LogP contribution in [0.15, 0.2) is 36.4 Å². The summed E-state index contributed by atoms with van der Waals surface area (Å²) in [5.41, 5.74) is -0.665. The highest BCUT2D eigenvalue weighted by Crippen LogP contribution is 2.35. The van der Waals surface area contributed by atoms with Gasteiger partial charge < -0.3 is 18.9 Å². The minimum Gasteiger partial charge on any atom is -0.493 e. The van der Waals surface area contributed by atoms with Crippen molar-refractivity contribution in [3.8, 4) is 17.2 Å². The number of nitrogens with zero attached hydrogens (tertiary/aromatic N) is 1. The molecule has 150 valence electrons.